The quantitative estimate of drug-likeness (QED) is 0.268. The molecule has 7 nitrogen and oxygen atoms in total. The fourth-order valence-corrected chi connectivity index (χ4v) is 3.73. The molecule has 1 fully saturated rings. The predicted molar refractivity (Wildman–Crippen MR) is 136 cm³/mol. The van der Waals surface area contributed by atoms with E-state index in [1.54, 1.807) is 24.4 Å². The Morgan fingerprint density at radius 1 is 0.973 bits per heavy atom. The van der Waals surface area contributed by atoms with Gasteiger partial charge in [0.1, 0.15) is 18.0 Å². The molecule has 4 aromatic rings. The van der Waals surface area contributed by atoms with Gasteiger partial charge < -0.3 is 16.0 Å². The van der Waals surface area contributed by atoms with Gasteiger partial charge in [0.05, 0.1) is 11.3 Å². The number of pyridine rings is 1. The Bertz CT molecular complexity index is 1450. The maximum absolute atomic E-state index is 13.0. The Kier molecular flexibility index (Phi) is 6.47. The van der Waals surface area contributed by atoms with Gasteiger partial charge in [-0.3, -0.25) is 4.79 Å². The number of nitrogens with zero attached hydrogens (tertiary/aromatic N) is 3. The van der Waals surface area contributed by atoms with Crippen LogP contribution < -0.4 is 16.0 Å². The number of aromatic nitrogens is 3. The number of aryl methyl sites for hydroxylation is 1. The summed E-state index contributed by atoms with van der Waals surface area (Å²) < 4.78 is 39.1. The van der Waals surface area contributed by atoms with Gasteiger partial charge in [0.15, 0.2) is 0 Å². The summed E-state index contributed by atoms with van der Waals surface area (Å²) in [7, 11) is 0. The van der Waals surface area contributed by atoms with Gasteiger partial charge in [0.2, 0.25) is 0 Å². The van der Waals surface area contributed by atoms with Crippen molar-refractivity contribution in [2.24, 2.45) is 0 Å². The molecule has 3 N–H and O–H groups in total. The molecule has 188 valence electrons. The molecule has 1 saturated carbocycles. The number of rotatable bonds is 7. The first kappa shape index (κ1) is 24.2. The molecule has 0 unspecified atom stereocenters. The molecular formula is C27H23F3N6O. The molecule has 1 aliphatic carbocycles. The van der Waals surface area contributed by atoms with Crippen LogP contribution in [0.1, 0.15) is 34.3 Å². The van der Waals surface area contributed by atoms with Crippen LogP contribution in [0.4, 0.5) is 36.2 Å². The fraction of sp³-hybridized carbons (Fsp3) is 0.185. The number of hydrogen-bond donors (Lipinski definition) is 3. The number of carbonyl (C=O) groups is 1. The number of benzene rings is 2. The van der Waals surface area contributed by atoms with E-state index in [2.05, 4.69) is 30.9 Å². The van der Waals surface area contributed by atoms with Crippen LogP contribution in [0, 0.1) is 6.92 Å². The Morgan fingerprint density at radius 3 is 2.59 bits per heavy atom. The lowest BCUT2D eigenvalue weighted by atomic mass is 10.1. The number of nitrogens with one attached hydrogen (secondary N) is 3. The van der Waals surface area contributed by atoms with Gasteiger partial charge in [0.25, 0.3) is 5.91 Å². The Morgan fingerprint density at radius 2 is 1.81 bits per heavy atom. The van der Waals surface area contributed by atoms with E-state index in [-0.39, 0.29) is 5.56 Å². The lowest BCUT2D eigenvalue weighted by molar-refractivity contribution is -0.137. The minimum atomic E-state index is -4.53. The third kappa shape index (κ3) is 5.85. The molecule has 0 atom stereocenters. The molecule has 1 aliphatic rings. The van der Waals surface area contributed by atoms with Crippen LogP contribution in [0.15, 0.2) is 73.2 Å². The summed E-state index contributed by atoms with van der Waals surface area (Å²) in [5.41, 5.74) is 2.47. The molecule has 37 heavy (non-hydrogen) atoms. The smallest absolute Gasteiger partial charge is 0.367 e. The van der Waals surface area contributed by atoms with E-state index >= 15 is 0 Å². The zero-order valence-electron chi connectivity index (χ0n) is 19.8. The monoisotopic (exact) mass is 504 g/mol. The largest absolute Gasteiger partial charge is 0.416 e. The Hall–Kier alpha value is -4.47. The molecule has 5 rings (SSSR count). The van der Waals surface area contributed by atoms with E-state index in [1.165, 1.54) is 18.5 Å². The summed E-state index contributed by atoms with van der Waals surface area (Å²) in [5, 5.41) is 9.34. The van der Waals surface area contributed by atoms with Crippen LogP contribution in [0.3, 0.4) is 0 Å². The van der Waals surface area contributed by atoms with E-state index in [0.717, 1.165) is 41.9 Å². The molecule has 0 spiro atoms. The van der Waals surface area contributed by atoms with E-state index in [4.69, 9.17) is 0 Å². The van der Waals surface area contributed by atoms with Crippen molar-refractivity contribution < 1.29 is 18.0 Å². The second-order valence-corrected chi connectivity index (χ2v) is 8.79. The summed E-state index contributed by atoms with van der Waals surface area (Å²) in [4.78, 5) is 25.8. The normalized spacial score (nSPS) is 13.2. The van der Waals surface area contributed by atoms with Gasteiger partial charge in [-0.05, 0) is 67.8 Å². The number of carbonyl (C=O) groups excluding carboxylic acids is 1. The van der Waals surface area contributed by atoms with E-state index in [0.29, 0.717) is 28.9 Å². The lowest BCUT2D eigenvalue weighted by Gasteiger charge is -2.15. The maximum atomic E-state index is 13.0. The summed E-state index contributed by atoms with van der Waals surface area (Å²) in [5.74, 6) is 0.664. The third-order valence-corrected chi connectivity index (χ3v) is 5.88. The summed E-state index contributed by atoms with van der Waals surface area (Å²) in [6.07, 6.45) is 0.880. The van der Waals surface area contributed by atoms with Crippen molar-refractivity contribution in [3.8, 4) is 11.3 Å². The van der Waals surface area contributed by atoms with Crippen LogP contribution in [0.2, 0.25) is 0 Å². The molecule has 2 heterocycles. The summed E-state index contributed by atoms with van der Waals surface area (Å²) in [6.45, 7) is 1.89. The Labute approximate surface area is 211 Å². The number of halogens is 3. The molecule has 0 aliphatic heterocycles. The summed E-state index contributed by atoms with van der Waals surface area (Å²) in [6, 6.07) is 15.5. The van der Waals surface area contributed by atoms with Crippen LogP contribution in [-0.4, -0.2) is 26.9 Å². The highest BCUT2D eigenvalue weighted by Gasteiger charge is 2.31. The fourth-order valence-electron chi connectivity index (χ4n) is 3.73. The van der Waals surface area contributed by atoms with Crippen LogP contribution in [-0.2, 0) is 6.18 Å². The summed E-state index contributed by atoms with van der Waals surface area (Å²) >= 11 is 0. The highest BCUT2D eigenvalue weighted by atomic mass is 19.4. The molecule has 2 aromatic carbocycles. The number of anilines is 4. The maximum Gasteiger partial charge on any atom is 0.416 e. The average molecular weight is 505 g/mol. The van der Waals surface area contributed by atoms with Crippen LogP contribution in [0.5, 0.6) is 0 Å². The van der Waals surface area contributed by atoms with Crippen molar-refractivity contribution in [1.82, 2.24) is 15.0 Å². The van der Waals surface area contributed by atoms with Crippen molar-refractivity contribution in [2.75, 3.05) is 16.0 Å². The van der Waals surface area contributed by atoms with Crippen molar-refractivity contribution in [3.05, 3.63) is 89.9 Å². The molecule has 0 radical (unpaired) electrons. The zero-order valence-corrected chi connectivity index (χ0v) is 19.8. The van der Waals surface area contributed by atoms with Crippen molar-refractivity contribution >= 4 is 28.9 Å². The SMILES string of the molecule is Cc1ccc(NC(=O)c2cccc(C(F)(F)F)c2)cc1Nc1ncccc1-c1cc(NC2CC2)ncn1. The lowest BCUT2D eigenvalue weighted by Crippen LogP contribution is -2.14. The molecular weight excluding hydrogens is 481 g/mol. The highest BCUT2D eigenvalue weighted by Crippen LogP contribution is 2.32. The van der Waals surface area contributed by atoms with Gasteiger partial charge in [-0.2, -0.15) is 13.2 Å². The Balaban J connectivity index is 1.37. The minimum absolute atomic E-state index is 0.0868. The van der Waals surface area contributed by atoms with E-state index in [1.807, 2.05) is 25.1 Å². The second-order valence-electron chi connectivity index (χ2n) is 8.79. The van der Waals surface area contributed by atoms with E-state index < -0.39 is 17.6 Å². The number of amides is 1. The van der Waals surface area contributed by atoms with Crippen LogP contribution in [0.25, 0.3) is 11.3 Å². The number of hydrogen-bond acceptors (Lipinski definition) is 6. The predicted octanol–water partition coefficient (Wildman–Crippen LogP) is 6.44. The topological polar surface area (TPSA) is 91.8 Å². The first-order valence-electron chi connectivity index (χ1n) is 11.7. The first-order valence-corrected chi connectivity index (χ1v) is 11.7. The average Bonchev–Trinajstić information content (AvgIpc) is 3.70. The van der Waals surface area contributed by atoms with Crippen molar-refractivity contribution in [2.45, 2.75) is 32.0 Å². The molecule has 2 aromatic heterocycles. The highest BCUT2D eigenvalue weighted by molar-refractivity contribution is 6.04. The molecule has 10 heteroatoms. The van der Waals surface area contributed by atoms with Gasteiger partial charge >= 0.3 is 6.18 Å². The molecule has 0 bridgehead atoms. The van der Waals surface area contributed by atoms with Gasteiger partial charge in [-0.25, -0.2) is 15.0 Å². The van der Waals surface area contributed by atoms with E-state index in [9.17, 15) is 18.0 Å². The van der Waals surface area contributed by atoms with Crippen LogP contribution >= 0.6 is 0 Å². The van der Waals surface area contributed by atoms with Gasteiger partial charge in [0, 0.05) is 40.8 Å². The van der Waals surface area contributed by atoms with Gasteiger partial charge in [-0.15, -0.1) is 0 Å². The molecule has 0 saturated heterocycles. The molecule has 1 amide bonds. The first-order chi connectivity index (χ1) is 17.8. The standard InChI is InChI=1S/C27H23F3N6O/c1-16-7-8-20(35-26(37)17-4-2-5-18(12-17)27(28,29)30)13-22(16)36-25-21(6-3-11-31-25)23-14-24(33-15-32-23)34-19-9-10-19/h2-8,11-15,19H,9-10H2,1H3,(H,31,36)(H,35,37)(H,32,33,34). The van der Waals surface area contributed by atoms with Gasteiger partial charge in [-0.1, -0.05) is 12.1 Å². The zero-order chi connectivity index (χ0) is 26.0. The third-order valence-electron chi connectivity index (χ3n) is 5.88. The minimum Gasteiger partial charge on any atom is -0.367 e. The van der Waals surface area contributed by atoms with Crippen molar-refractivity contribution in [3.63, 3.8) is 0 Å². The number of alkyl halides is 3. The van der Waals surface area contributed by atoms with Crippen molar-refractivity contribution in [1.29, 1.82) is 0 Å². The second kappa shape index (κ2) is 9.88.